The number of nitrogens with zero attached hydrogens (tertiary/aromatic N) is 1. The maximum Gasteiger partial charge on any atom is 0.0664 e. The molecular weight excluding hydrogens is 236 g/mol. The smallest absolute Gasteiger partial charge is 0.0664 e. The Morgan fingerprint density at radius 3 is 3.05 bits per heavy atom. The van der Waals surface area contributed by atoms with Gasteiger partial charge in [0, 0.05) is 32.4 Å². The highest BCUT2D eigenvalue weighted by molar-refractivity contribution is 5.56. The molecule has 0 saturated heterocycles. The molecule has 1 unspecified atom stereocenters. The van der Waals surface area contributed by atoms with Gasteiger partial charge < -0.3 is 15.3 Å². The molecule has 1 heterocycles. The number of anilines is 1. The van der Waals surface area contributed by atoms with Crippen LogP contribution in [0.2, 0.25) is 0 Å². The number of hydrogen-bond acceptors (Lipinski definition) is 3. The second-order valence-corrected chi connectivity index (χ2v) is 5.56. The fraction of sp³-hybridized carbons (Fsp3) is 0.625. The van der Waals surface area contributed by atoms with Crippen LogP contribution in [-0.2, 0) is 13.0 Å². The number of aliphatic hydroxyl groups is 1. The molecule has 106 valence electrons. The average molecular weight is 262 g/mol. The average Bonchev–Trinajstić information content (AvgIpc) is 2.39. The van der Waals surface area contributed by atoms with E-state index in [2.05, 4.69) is 42.4 Å². The number of aryl methyl sites for hydroxylation is 1. The first-order chi connectivity index (χ1) is 9.20. The predicted molar refractivity (Wildman–Crippen MR) is 80.7 cm³/mol. The van der Waals surface area contributed by atoms with Crippen molar-refractivity contribution in [3.8, 4) is 0 Å². The number of benzene rings is 1. The van der Waals surface area contributed by atoms with Crippen LogP contribution in [0.4, 0.5) is 5.69 Å². The van der Waals surface area contributed by atoms with E-state index in [0.29, 0.717) is 6.54 Å². The molecule has 0 amide bonds. The highest BCUT2D eigenvalue weighted by atomic mass is 16.3. The van der Waals surface area contributed by atoms with Crippen LogP contribution in [0, 0.1) is 0 Å². The Morgan fingerprint density at radius 1 is 1.42 bits per heavy atom. The van der Waals surface area contributed by atoms with Crippen molar-refractivity contribution in [2.75, 3.05) is 25.0 Å². The van der Waals surface area contributed by atoms with Gasteiger partial charge in [0.25, 0.3) is 0 Å². The van der Waals surface area contributed by atoms with Crippen molar-refractivity contribution in [3.63, 3.8) is 0 Å². The summed E-state index contributed by atoms with van der Waals surface area (Å²) in [7, 11) is 2.16. The Kier molecular flexibility index (Phi) is 5.23. The zero-order valence-corrected chi connectivity index (χ0v) is 12.2. The van der Waals surface area contributed by atoms with Crippen molar-refractivity contribution in [1.29, 1.82) is 0 Å². The van der Waals surface area contributed by atoms with Gasteiger partial charge in [-0.2, -0.15) is 0 Å². The highest BCUT2D eigenvalue weighted by Gasteiger charge is 2.13. The van der Waals surface area contributed by atoms with Gasteiger partial charge in [0.05, 0.1) is 6.10 Å². The Labute approximate surface area is 116 Å². The summed E-state index contributed by atoms with van der Waals surface area (Å²) in [5.74, 6) is 0. The van der Waals surface area contributed by atoms with Gasteiger partial charge >= 0.3 is 0 Å². The molecule has 3 heteroatoms. The molecule has 0 aromatic heterocycles. The first-order valence-corrected chi connectivity index (χ1v) is 7.42. The first kappa shape index (κ1) is 14.4. The van der Waals surface area contributed by atoms with Crippen molar-refractivity contribution < 1.29 is 5.11 Å². The van der Waals surface area contributed by atoms with Crippen LogP contribution in [0.25, 0.3) is 0 Å². The van der Waals surface area contributed by atoms with Crippen molar-refractivity contribution in [2.24, 2.45) is 0 Å². The van der Waals surface area contributed by atoms with Gasteiger partial charge in [-0.25, -0.2) is 0 Å². The number of hydrogen-bond donors (Lipinski definition) is 2. The summed E-state index contributed by atoms with van der Waals surface area (Å²) in [6.45, 7) is 4.79. The molecule has 2 N–H and O–H groups in total. The Hall–Kier alpha value is -1.06. The van der Waals surface area contributed by atoms with Crippen LogP contribution in [0.15, 0.2) is 18.2 Å². The minimum Gasteiger partial charge on any atom is -0.392 e. The lowest BCUT2D eigenvalue weighted by atomic mass is 9.99. The zero-order valence-electron chi connectivity index (χ0n) is 12.2. The number of aliphatic hydroxyl groups excluding tert-OH is 1. The number of nitrogens with one attached hydrogen (secondary N) is 1. The minimum absolute atomic E-state index is 0.214. The maximum atomic E-state index is 9.68. The van der Waals surface area contributed by atoms with Crippen molar-refractivity contribution in [2.45, 2.75) is 45.3 Å². The summed E-state index contributed by atoms with van der Waals surface area (Å²) in [6.07, 6.45) is 4.13. The van der Waals surface area contributed by atoms with Gasteiger partial charge in [-0.05, 0) is 36.5 Å². The van der Waals surface area contributed by atoms with E-state index in [9.17, 15) is 5.11 Å². The van der Waals surface area contributed by atoms with E-state index in [1.807, 2.05) is 0 Å². The van der Waals surface area contributed by atoms with Gasteiger partial charge in [-0.15, -0.1) is 0 Å². The van der Waals surface area contributed by atoms with E-state index in [4.69, 9.17) is 0 Å². The van der Waals surface area contributed by atoms with Crippen LogP contribution in [0.5, 0.6) is 0 Å². The SMILES string of the molecule is CCCC(O)CNCc1ccc2c(c1)CCCN2C. The molecule has 1 atom stereocenters. The lowest BCUT2D eigenvalue weighted by molar-refractivity contribution is 0.160. The van der Waals surface area contributed by atoms with Gasteiger partial charge in [0.1, 0.15) is 0 Å². The molecule has 2 rings (SSSR count). The van der Waals surface area contributed by atoms with Gasteiger partial charge in [0.2, 0.25) is 0 Å². The maximum absolute atomic E-state index is 9.68. The molecule has 1 aliphatic heterocycles. The molecule has 19 heavy (non-hydrogen) atoms. The molecule has 0 bridgehead atoms. The summed E-state index contributed by atoms with van der Waals surface area (Å²) in [5.41, 5.74) is 4.15. The third kappa shape index (κ3) is 3.95. The Morgan fingerprint density at radius 2 is 2.26 bits per heavy atom. The third-order valence-corrected chi connectivity index (χ3v) is 3.83. The normalized spacial score (nSPS) is 16.3. The summed E-state index contributed by atoms with van der Waals surface area (Å²) >= 11 is 0. The molecule has 1 aliphatic rings. The number of rotatable bonds is 6. The molecule has 1 aromatic rings. The fourth-order valence-electron chi connectivity index (χ4n) is 2.77. The summed E-state index contributed by atoms with van der Waals surface area (Å²) in [4.78, 5) is 2.33. The van der Waals surface area contributed by atoms with Crippen LogP contribution in [0.1, 0.15) is 37.3 Å². The molecule has 1 aromatic carbocycles. The van der Waals surface area contributed by atoms with Gasteiger partial charge in [0.15, 0.2) is 0 Å². The Bertz CT molecular complexity index is 406. The Balaban J connectivity index is 1.88. The number of fused-ring (bicyclic) bond motifs is 1. The van der Waals surface area contributed by atoms with E-state index >= 15 is 0 Å². The molecule has 0 saturated carbocycles. The van der Waals surface area contributed by atoms with Crippen molar-refractivity contribution in [1.82, 2.24) is 5.32 Å². The van der Waals surface area contributed by atoms with E-state index < -0.39 is 0 Å². The fourth-order valence-corrected chi connectivity index (χ4v) is 2.77. The third-order valence-electron chi connectivity index (χ3n) is 3.83. The van der Waals surface area contributed by atoms with E-state index in [-0.39, 0.29) is 6.10 Å². The molecule has 0 aliphatic carbocycles. The molecule has 3 nitrogen and oxygen atoms in total. The van der Waals surface area contributed by atoms with Gasteiger partial charge in [-0.3, -0.25) is 0 Å². The second-order valence-electron chi connectivity index (χ2n) is 5.56. The second kappa shape index (κ2) is 6.92. The van der Waals surface area contributed by atoms with E-state index in [1.165, 1.54) is 29.7 Å². The lowest BCUT2D eigenvalue weighted by Crippen LogP contribution is -2.27. The summed E-state index contributed by atoms with van der Waals surface area (Å²) in [5, 5.41) is 13.0. The summed E-state index contributed by atoms with van der Waals surface area (Å²) < 4.78 is 0. The van der Waals surface area contributed by atoms with Crippen LogP contribution < -0.4 is 10.2 Å². The van der Waals surface area contributed by atoms with E-state index in [0.717, 1.165) is 25.9 Å². The van der Waals surface area contributed by atoms with E-state index in [1.54, 1.807) is 0 Å². The first-order valence-electron chi connectivity index (χ1n) is 7.42. The molecular formula is C16H26N2O. The topological polar surface area (TPSA) is 35.5 Å². The quantitative estimate of drug-likeness (QED) is 0.826. The molecule has 0 fully saturated rings. The highest BCUT2D eigenvalue weighted by Crippen LogP contribution is 2.26. The van der Waals surface area contributed by atoms with Gasteiger partial charge in [-0.1, -0.05) is 25.5 Å². The predicted octanol–water partition coefficient (Wildman–Crippen LogP) is 2.32. The standard InChI is InChI=1S/C16H26N2O/c1-3-5-15(19)12-17-11-13-7-8-16-14(10-13)6-4-9-18(16)2/h7-8,10,15,17,19H,3-6,9,11-12H2,1-2H3. The largest absolute Gasteiger partial charge is 0.392 e. The van der Waals surface area contributed by atoms with Crippen LogP contribution in [-0.4, -0.2) is 31.3 Å². The lowest BCUT2D eigenvalue weighted by Gasteiger charge is -2.27. The molecule has 0 radical (unpaired) electrons. The molecule has 0 spiro atoms. The van der Waals surface area contributed by atoms with Crippen LogP contribution in [0.3, 0.4) is 0 Å². The monoisotopic (exact) mass is 262 g/mol. The van der Waals surface area contributed by atoms with Crippen LogP contribution >= 0.6 is 0 Å². The van der Waals surface area contributed by atoms with Crippen molar-refractivity contribution in [3.05, 3.63) is 29.3 Å². The zero-order chi connectivity index (χ0) is 13.7. The minimum atomic E-state index is -0.214. The summed E-state index contributed by atoms with van der Waals surface area (Å²) in [6, 6.07) is 6.73. The van der Waals surface area contributed by atoms with Crippen molar-refractivity contribution >= 4 is 5.69 Å².